The molecule has 2 aliphatic heterocycles. The molecule has 39 heavy (non-hydrogen) atoms. The number of rotatable bonds is 6. The van der Waals surface area contributed by atoms with Crippen LogP contribution in [0.25, 0.3) is 6.08 Å². The number of thiocarbonyl (C=S) groups is 1. The van der Waals surface area contributed by atoms with Gasteiger partial charge in [-0.05, 0) is 48.2 Å². The number of hydrogen-bond donors (Lipinski definition) is 1. The number of piperazine rings is 1. The number of thioether (sulfide) groups is 1. The molecule has 2 aromatic heterocycles. The van der Waals surface area contributed by atoms with Crippen molar-refractivity contribution in [2.75, 3.05) is 57.4 Å². The number of nitrogens with one attached hydrogen (secondary N) is 1. The Kier molecular flexibility index (Phi) is 8.92. The number of carbonyl (C=O) groups is 2. The Morgan fingerprint density at radius 3 is 2.33 bits per heavy atom. The van der Waals surface area contributed by atoms with Crippen molar-refractivity contribution < 1.29 is 18.7 Å². The SMILES string of the molecule is O=C(N/C(=C\c1ccc(SC(=S)N2CCOCC2)o1)C(=O)N1CCN(c2ccncc2)CC1)c1ccccc1. The molecule has 11 heteroatoms. The number of pyridine rings is 1. The first-order valence-corrected chi connectivity index (χ1v) is 14.0. The number of anilines is 1. The van der Waals surface area contributed by atoms with E-state index in [4.69, 9.17) is 21.4 Å². The average molecular weight is 564 g/mol. The van der Waals surface area contributed by atoms with E-state index in [0.717, 1.165) is 18.8 Å². The van der Waals surface area contributed by atoms with E-state index in [0.29, 0.717) is 60.1 Å². The lowest BCUT2D eigenvalue weighted by Crippen LogP contribution is -2.50. The van der Waals surface area contributed by atoms with Gasteiger partial charge in [0.25, 0.3) is 11.8 Å². The van der Waals surface area contributed by atoms with E-state index in [1.807, 2.05) is 24.3 Å². The van der Waals surface area contributed by atoms with Crippen molar-refractivity contribution >= 4 is 51.9 Å². The molecule has 3 aromatic rings. The van der Waals surface area contributed by atoms with Gasteiger partial charge in [0.2, 0.25) is 0 Å². The maximum Gasteiger partial charge on any atom is 0.270 e. The van der Waals surface area contributed by atoms with Gasteiger partial charge in [-0.3, -0.25) is 14.6 Å². The first-order valence-electron chi connectivity index (χ1n) is 12.7. The van der Waals surface area contributed by atoms with Crippen molar-refractivity contribution in [2.24, 2.45) is 0 Å². The van der Waals surface area contributed by atoms with Gasteiger partial charge in [-0.2, -0.15) is 0 Å². The van der Waals surface area contributed by atoms with Crippen LogP contribution in [0.2, 0.25) is 0 Å². The van der Waals surface area contributed by atoms with Gasteiger partial charge in [0, 0.05) is 69.0 Å². The first kappa shape index (κ1) is 26.9. The lowest BCUT2D eigenvalue weighted by molar-refractivity contribution is -0.127. The standard InChI is InChI=1S/C28H29N5O4S2/c34-26(21-4-2-1-3-5-21)30-24(27(35)32-14-12-31(13-15-32)22-8-10-29-11-9-22)20-23-6-7-25(37-23)39-28(38)33-16-18-36-19-17-33/h1-11,20H,12-19H2,(H,30,34)/b24-20-. The zero-order chi connectivity index (χ0) is 27.0. The summed E-state index contributed by atoms with van der Waals surface area (Å²) >= 11 is 6.93. The van der Waals surface area contributed by atoms with Gasteiger partial charge in [-0.1, -0.05) is 30.4 Å². The van der Waals surface area contributed by atoms with Gasteiger partial charge in [0.15, 0.2) is 5.09 Å². The summed E-state index contributed by atoms with van der Waals surface area (Å²) in [6.07, 6.45) is 5.10. The number of amides is 2. The van der Waals surface area contributed by atoms with Gasteiger partial charge in [0.05, 0.1) is 13.2 Å². The second-order valence-electron chi connectivity index (χ2n) is 8.99. The minimum absolute atomic E-state index is 0.155. The van der Waals surface area contributed by atoms with Crippen LogP contribution in [0.3, 0.4) is 0 Å². The molecule has 0 saturated carbocycles. The molecule has 0 unspecified atom stereocenters. The highest BCUT2D eigenvalue weighted by Gasteiger charge is 2.26. The van der Waals surface area contributed by atoms with Gasteiger partial charge in [-0.15, -0.1) is 0 Å². The molecule has 4 heterocycles. The number of morpholine rings is 1. The van der Waals surface area contributed by atoms with Gasteiger partial charge in [0.1, 0.15) is 15.8 Å². The fourth-order valence-corrected chi connectivity index (χ4v) is 5.52. The quantitative estimate of drug-likeness (QED) is 0.275. The van der Waals surface area contributed by atoms with E-state index in [9.17, 15) is 9.59 Å². The third kappa shape index (κ3) is 7.05. The number of furan rings is 1. The molecule has 1 N–H and O–H groups in total. The molecule has 2 saturated heterocycles. The monoisotopic (exact) mass is 563 g/mol. The smallest absolute Gasteiger partial charge is 0.270 e. The van der Waals surface area contributed by atoms with E-state index in [1.54, 1.807) is 53.7 Å². The van der Waals surface area contributed by atoms with Crippen molar-refractivity contribution in [2.45, 2.75) is 5.09 Å². The van der Waals surface area contributed by atoms with Crippen LogP contribution >= 0.6 is 24.0 Å². The topological polar surface area (TPSA) is 91.1 Å². The number of ether oxygens (including phenoxy) is 1. The lowest BCUT2D eigenvalue weighted by atomic mass is 10.2. The highest BCUT2D eigenvalue weighted by Crippen LogP contribution is 2.26. The molecule has 0 aliphatic carbocycles. The third-order valence-corrected chi connectivity index (χ3v) is 7.82. The normalized spacial score (nSPS) is 16.2. The molecule has 0 radical (unpaired) electrons. The summed E-state index contributed by atoms with van der Waals surface area (Å²) in [5.41, 5.74) is 1.69. The molecule has 2 amide bonds. The summed E-state index contributed by atoms with van der Waals surface area (Å²) in [4.78, 5) is 36.7. The van der Waals surface area contributed by atoms with E-state index < -0.39 is 0 Å². The second kappa shape index (κ2) is 12.9. The predicted octanol–water partition coefficient (Wildman–Crippen LogP) is 3.50. The number of aromatic nitrogens is 1. The summed E-state index contributed by atoms with van der Waals surface area (Å²) in [7, 11) is 0. The Bertz CT molecular complexity index is 1320. The third-order valence-electron chi connectivity index (χ3n) is 6.46. The first-order chi connectivity index (χ1) is 19.1. The maximum absolute atomic E-state index is 13.6. The van der Waals surface area contributed by atoms with E-state index in [2.05, 4.69) is 20.1 Å². The molecular weight excluding hydrogens is 534 g/mol. The highest BCUT2D eigenvalue weighted by atomic mass is 32.2. The Morgan fingerprint density at radius 1 is 0.897 bits per heavy atom. The Labute approximate surface area is 236 Å². The van der Waals surface area contributed by atoms with Gasteiger partial charge >= 0.3 is 0 Å². The van der Waals surface area contributed by atoms with E-state index >= 15 is 0 Å². The summed E-state index contributed by atoms with van der Waals surface area (Å²) in [5, 5.41) is 3.43. The number of nitrogens with zero attached hydrogens (tertiary/aromatic N) is 4. The van der Waals surface area contributed by atoms with Crippen LogP contribution in [0.1, 0.15) is 16.1 Å². The van der Waals surface area contributed by atoms with Gasteiger partial charge in [-0.25, -0.2) is 0 Å². The van der Waals surface area contributed by atoms with Crippen LogP contribution in [0.15, 0.2) is 82.2 Å². The zero-order valence-electron chi connectivity index (χ0n) is 21.3. The maximum atomic E-state index is 13.6. The van der Waals surface area contributed by atoms with Crippen LogP contribution in [0.5, 0.6) is 0 Å². The van der Waals surface area contributed by atoms with Crippen LogP contribution in [0.4, 0.5) is 5.69 Å². The molecule has 2 fully saturated rings. The molecule has 1 aromatic carbocycles. The summed E-state index contributed by atoms with van der Waals surface area (Å²) < 4.78 is 12.1. The van der Waals surface area contributed by atoms with E-state index in [1.165, 1.54) is 11.8 Å². The highest BCUT2D eigenvalue weighted by molar-refractivity contribution is 8.22. The van der Waals surface area contributed by atoms with Crippen molar-refractivity contribution in [1.82, 2.24) is 20.1 Å². The molecule has 0 atom stereocenters. The number of hydrogen-bond acceptors (Lipinski definition) is 8. The molecule has 0 spiro atoms. The minimum atomic E-state index is -0.361. The fraction of sp³-hybridized carbons (Fsp3) is 0.286. The van der Waals surface area contributed by atoms with Gasteiger partial charge < -0.3 is 29.2 Å². The van der Waals surface area contributed by atoms with Crippen molar-refractivity contribution in [1.29, 1.82) is 0 Å². The van der Waals surface area contributed by atoms with Crippen molar-refractivity contribution in [3.8, 4) is 0 Å². The summed E-state index contributed by atoms with van der Waals surface area (Å²) in [6.45, 7) is 5.19. The predicted molar refractivity (Wildman–Crippen MR) is 154 cm³/mol. The second-order valence-corrected chi connectivity index (χ2v) is 10.6. The molecular formula is C28H29N5O4S2. The summed E-state index contributed by atoms with van der Waals surface area (Å²) in [5.74, 6) is -0.169. The van der Waals surface area contributed by atoms with E-state index in [-0.39, 0.29) is 17.5 Å². The molecule has 2 aliphatic rings. The largest absolute Gasteiger partial charge is 0.450 e. The zero-order valence-corrected chi connectivity index (χ0v) is 23.0. The van der Waals surface area contributed by atoms with Crippen molar-refractivity contribution in [3.63, 3.8) is 0 Å². The van der Waals surface area contributed by atoms with Crippen LogP contribution in [-0.2, 0) is 9.53 Å². The number of carbonyl (C=O) groups excluding carboxylic acids is 2. The molecule has 5 rings (SSSR count). The Morgan fingerprint density at radius 2 is 1.62 bits per heavy atom. The van der Waals surface area contributed by atoms with Crippen LogP contribution in [0, 0.1) is 0 Å². The Balaban J connectivity index is 1.30. The van der Waals surface area contributed by atoms with Crippen LogP contribution < -0.4 is 10.2 Å². The summed E-state index contributed by atoms with van der Waals surface area (Å²) in [6, 6.07) is 16.3. The molecule has 0 bridgehead atoms. The Hall–Kier alpha value is -3.67. The molecule has 202 valence electrons. The minimum Gasteiger partial charge on any atom is -0.450 e. The fourth-order valence-electron chi connectivity index (χ4n) is 4.33. The van der Waals surface area contributed by atoms with Crippen LogP contribution in [-0.4, -0.2) is 83.4 Å². The lowest BCUT2D eigenvalue weighted by Gasteiger charge is -2.36. The average Bonchev–Trinajstić information content (AvgIpc) is 3.44. The van der Waals surface area contributed by atoms with Crippen molar-refractivity contribution in [3.05, 3.63) is 84.0 Å². The number of benzene rings is 1. The molecule has 9 nitrogen and oxygen atoms in total.